The van der Waals surface area contributed by atoms with E-state index in [4.69, 9.17) is 9.84 Å². The van der Waals surface area contributed by atoms with Crippen LogP contribution in [0.2, 0.25) is 0 Å². The Morgan fingerprint density at radius 2 is 1.95 bits per heavy atom. The van der Waals surface area contributed by atoms with Gasteiger partial charge in [0.1, 0.15) is 5.75 Å². The molecule has 1 aromatic heterocycles. The number of rotatable bonds is 4. The number of aromatic nitrogens is 1. The standard InChI is InChI=1S/C15H15NO3/c1-3-11-4-6-13(7-5-11)19-14-9-12(15(17)18)8-10(2)16-14/h4-9H,3H2,1-2H3,(H,17,18). The minimum atomic E-state index is -0.989. The molecule has 19 heavy (non-hydrogen) atoms. The molecule has 0 spiro atoms. The van der Waals surface area contributed by atoms with Crippen molar-refractivity contribution in [3.8, 4) is 11.6 Å². The molecule has 2 rings (SSSR count). The average molecular weight is 257 g/mol. The lowest BCUT2D eigenvalue weighted by Gasteiger charge is -2.07. The summed E-state index contributed by atoms with van der Waals surface area (Å²) in [5.41, 5.74) is 2.00. The van der Waals surface area contributed by atoms with Crippen LogP contribution in [0, 0.1) is 6.92 Å². The van der Waals surface area contributed by atoms with Crippen LogP contribution in [0.1, 0.15) is 28.5 Å². The first-order valence-electron chi connectivity index (χ1n) is 6.07. The molecular formula is C15H15NO3. The number of benzene rings is 1. The van der Waals surface area contributed by atoms with E-state index >= 15 is 0 Å². The fraction of sp³-hybridized carbons (Fsp3) is 0.200. The van der Waals surface area contributed by atoms with E-state index in [1.165, 1.54) is 17.7 Å². The molecule has 1 aromatic carbocycles. The number of ether oxygens (including phenoxy) is 1. The highest BCUT2D eigenvalue weighted by molar-refractivity contribution is 5.88. The fourth-order valence-corrected chi connectivity index (χ4v) is 1.73. The zero-order chi connectivity index (χ0) is 13.8. The molecule has 0 atom stereocenters. The third kappa shape index (κ3) is 3.31. The fourth-order valence-electron chi connectivity index (χ4n) is 1.73. The van der Waals surface area contributed by atoms with E-state index < -0.39 is 5.97 Å². The molecule has 0 aliphatic heterocycles. The highest BCUT2D eigenvalue weighted by Crippen LogP contribution is 2.21. The summed E-state index contributed by atoms with van der Waals surface area (Å²) in [5, 5.41) is 8.98. The molecule has 98 valence electrons. The lowest BCUT2D eigenvalue weighted by molar-refractivity contribution is 0.0696. The highest BCUT2D eigenvalue weighted by atomic mass is 16.5. The monoisotopic (exact) mass is 257 g/mol. The van der Waals surface area contributed by atoms with Crippen molar-refractivity contribution < 1.29 is 14.6 Å². The summed E-state index contributed by atoms with van der Waals surface area (Å²) in [6, 6.07) is 10.6. The second-order valence-corrected chi connectivity index (χ2v) is 4.24. The summed E-state index contributed by atoms with van der Waals surface area (Å²) in [7, 11) is 0. The number of pyridine rings is 1. The molecule has 4 heteroatoms. The van der Waals surface area contributed by atoms with E-state index in [-0.39, 0.29) is 5.56 Å². The van der Waals surface area contributed by atoms with Crippen molar-refractivity contribution in [2.24, 2.45) is 0 Å². The molecule has 0 unspecified atom stereocenters. The van der Waals surface area contributed by atoms with Crippen molar-refractivity contribution in [1.82, 2.24) is 4.98 Å². The van der Waals surface area contributed by atoms with Crippen LogP contribution in [0.15, 0.2) is 36.4 Å². The lowest BCUT2D eigenvalue weighted by atomic mass is 10.2. The van der Waals surface area contributed by atoms with E-state index in [1.807, 2.05) is 24.3 Å². The lowest BCUT2D eigenvalue weighted by Crippen LogP contribution is -2.00. The van der Waals surface area contributed by atoms with Crippen molar-refractivity contribution in [3.05, 3.63) is 53.2 Å². The summed E-state index contributed by atoms with van der Waals surface area (Å²) >= 11 is 0. The molecule has 1 N–H and O–H groups in total. The van der Waals surface area contributed by atoms with E-state index in [0.717, 1.165) is 6.42 Å². The van der Waals surface area contributed by atoms with Crippen LogP contribution < -0.4 is 4.74 Å². The first kappa shape index (κ1) is 13.1. The summed E-state index contributed by atoms with van der Waals surface area (Å²) < 4.78 is 5.58. The van der Waals surface area contributed by atoms with Crippen molar-refractivity contribution in [2.75, 3.05) is 0 Å². The van der Waals surface area contributed by atoms with Crippen LogP contribution in [0.25, 0.3) is 0 Å². The zero-order valence-corrected chi connectivity index (χ0v) is 10.9. The van der Waals surface area contributed by atoms with Gasteiger partial charge in [-0.3, -0.25) is 0 Å². The molecule has 0 radical (unpaired) electrons. The smallest absolute Gasteiger partial charge is 0.335 e. The predicted molar refractivity (Wildman–Crippen MR) is 71.8 cm³/mol. The van der Waals surface area contributed by atoms with Gasteiger partial charge in [-0.1, -0.05) is 19.1 Å². The molecule has 0 aliphatic carbocycles. The Bertz CT molecular complexity index is 591. The Kier molecular flexibility index (Phi) is 3.80. The van der Waals surface area contributed by atoms with E-state index in [0.29, 0.717) is 17.3 Å². The van der Waals surface area contributed by atoms with Crippen molar-refractivity contribution in [2.45, 2.75) is 20.3 Å². The van der Waals surface area contributed by atoms with E-state index in [2.05, 4.69) is 11.9 Å². The quantitative estimate of drug-likeness (QED) is 0.911. The van der Waals surface area contributed by atoms with Crippen LogP contribution in [0.5, 0.6) is 11.6 Å². The summed E-state index contributed by atoms with van der Waals surface area (Å²) in [5.74, 6) is -0.0510. The number of carbonyl (C=O) groups is 1. The topological polar surface area (TPSA) is 59.4 Å². The third-order valence-electron chi connectivity index (χ3n) is 2.73. The van der Waals surface area contributed by atoms with Crippen molar-refractivity contribution in [1.29, 1.82) is 0 Å². The first-order valence-corrected chi connectivity index (χ1v) is 6.07. The SMILES string of the molecule is CCc1ccc(Oc2cc(C(=O)O)cc(C)n2)cc1. The van der Waals surface area contributed by atoms with Gasteiger partial charge in [0, 0.05) is 11.8 Å². The molecule has 4 nitrogen and oxygen atoms in total. The number of carboxylic acid groups (broad SMARTS) is 1. The van der Waals surface area contributed by atoms with Gasteiger partial charge in [-0.2, -0.15) is 0 Å². The summed E-state index contributed by atoms with van der Waals surface area (Å²) in [6.07, 6.45) is 0.964. The first-order chi connectivity index (χ1) is 9.08. The number of hydrogen-bond donors (Lipinski definition) is 1. The summed E-state index contributed by atoms with van der Waals surface area (Å²) in [6.45, 7) is 3.82. The van der Waals surface area contributed by atoms with E-state index in [1.54, 1.807) is 6.92 Å². The highest BCUT2D eigenvalue weighted by Gasteiger charge is 2.08. The Morgan fingerprint density at radius 1 is 1.26 bits per heavy atom. The van der Waals surface area contributed by atoms with Gasteiger partial charge >= 0.3 is 5.97 Å². The number of hydrogen-bond acceptors (Lipinski definition) is 3. The van der Waals surface area contributed by atoms with Gasteiger partial charge in [-0.25, -0.2) is 9.78 Å². The molecule has 1 heterocycles. The number of carboxylic acids is 1. The molecule has 0 saturated heterocycles. The Labute approximate surface area is 111 Å². The van der Waals surface area contributed by atoms with Gasteiger partial charge < -0.3 is 9.84 Å². The Hall–Kier alpha value is -2.36. The van der Waals surface area contributed by atoms with Crippen LogP contribution in [-0.2, 0) is 6.42 Å². The number of nitrogens with zero attached hydrogens (tertiary/aromatic N) is 1. The van der Waals surface area contributed by atoms with Gasteiger partial charge in [0.25, 0.3) is 0 Å². The van der Waals surface area contributed by atoms with Gasteiger partial charge in [0.05, 0.1) is 5.56 Å². The second-order valence-electron chi connectivity index (χ2n) is 4.24. The largest absolute Gasteiger partial charge is 0.478 e. The van der Waals surface area contributed by atoms with Gasteiger partial charge in [0.2, 0.25) is 5.88 Å². The molecule has 0 amide bonds. The minimum absolute atomic E-state index is 0.174. The van der Waals surface area contributed by atoms with Crippen molar-refractivity contribution in [3.63, 3.8) is 0 Å². The molecule has 0 fully saturated rings. The molecule has 2 aromatic rings. The predicted octanol–water partition coefficient (Wildman–Crippen LogP) is 3.44. The average Bonchev–Trinajstić information content (AvgIpc) is 2.39. The third-order valence-corrected chi connectivity index (χ3v) is 2.73. The summed E-state index contributed by atoms with van der Waals surface area (Å²) in [4.78, 5) is 15.1. The maximum Gasteiger partial charge on any atom is 0.335 e. The van der Waals surface area contributed by atoms with Crippen LogP contribution in [0.3, 0.4) is 0 Å². The Balaban J connectivity index is 2.24. The minimum Gasteiger partial charge on any atom is -0.478 e. The van der Waals surface area contributed by atoms with Crippen molar-refractivity contribution >= 4 is 5.97 Å². The molecular weight excluding hydrogens is 242 g/mol. The maximum atomic E-state index is 11.0. The number of aryl methyl sites for hydroxylation is 2. The van der Waals surface area contributed by atoms with E-state index in [9.17, 15) is 4.79 Å². The van der Waals surface area contributed by atoms with Crippen LogP contribution >= 0.6 is 0 Å². The Morgan fingerprint density at radius 3 is 2.53 bits per heavy atom. The molecule has 0 aliphatic rings. The van der Waals surface area contributed by atoms with Crippen LogP contribution in [-0.4, -0.2) is 16.1 Å². The van der Waals surface area contributed by atoms with Gasteiger partial charge in [-0.15, -0.1) is 0 Å². The number of aromatic carboxylic acids is 1. The molecule has 0 saturated carbocycles. The second kappa shape index (κ2) is 5.52. The maximum absolute atomic E-state index is 11.0. The van der Waals surface area contributed by atoms with Gasteiger partial charge in [0.15, 0.2) is 0 Å². The van der Waals surface area contributed by atoms with Crippen LogP contribution in [0.4, 0.5) is 0 Å². The van der Waals surface area contributed by atoms with Gasteiger partial charge in [-0.05, 0) is 37.1 Å². The normalized spacial score (nSPS) is 10.2. The molecule has 0 bridgehead atoms. The zero-order valence-electron chi connectivity index (χ0n) is 10.9.